The first-order valence-corrected chi connectivity index (χ1v) is 25.5. The molecule has 1 saturated carbocycles. The van der Waals surface area contributed by atoms with Crippen LogP contribution in [0.1, 0.15) is 132 Å². The average molecular weight is 985 g/mol. The molecule has 0 aromatic carbocycles. The fraction of sp³-hybridized carbons (Fsp3) is 0.741. The van der Waals surface area contributed by atoms with Crippen molar-refractivity contribution in [3.05, 3.63) is 47.6 Å². The second-order valence-corrected chi connectivity index (χ2v) is 20.8. The lowest BCUT2D eigenvalue weighted by molar-refractivity contribution is -0.265. The standard InChI is InChI=1S/C54H84N2O14/c1-32-18-14-13-15-19-33(2)45(65-10)30-41-23-21-39(8)54(64,70-41)50(60)51(61)56-25-17-16-20-42(56)52(62)68-46(36(5)29-40-22-24-44(35(4)28-40)69-53(63)55(9)67-12)31-43(57)34(3)27-38(7)48(59)49(66-11)47(58)37(6)26-32/h13-15,18-19,27,32,34-37,39-42,44-46,48-49,59,64H,16-17,20-26,28-31H2,1-12H3/b15-13+,18-14+,33-19+,38-27+/t32-,34-,35-,36-,37?,39-,40?,41+,42?,44-,45+,46+,48-,49?,54-/m1/s1. The molecular formula is C54H84N2O14. The molecule has 2 amide bonds. The molecule has 0 radical (unpaired) electrons. The lowest BCUT2D eigenvalue weighted by Gasteiger charge is -2.42. The molecule has 15 atom stereocenters. The number of fused-ring (bicyclic) bond motifs is 3. The largest absolute Gasteiger partial charge is 0.460 e. The number of Topliss-reactive ketones (excluding diaryl/α,β-unsaturated/α-hetero) is 3. The van der Waals surface area contributed by atoms with Gasteiger partial charge in [-0.05, 0) is 113 Å². The second kappa shape index (κ2) is 27.1. The Morgan fingerprint density at radius 2 is 1.61 bits per heavy atom. The van der Waals surface area contributed by atoms with Crippen LogP contribution in [0.25, 0.3) is 0 Å². The van der Waals surface area contributed by atoms with E-state index in [-0.39, 0.29) is 60.7 Å². The SMILES string of the molecule is COC1C(=O)C(C)C[C@H](C)/C=C/C=C/C=C(\C)[C@@H](OC)C[C@@H]2CC[C@@H](C)[C@@](O)(O2)C(=O)C(=O)N2CCCCC2C(=O)O[C@H]([C@H](C)CC2CC[C@@H](OC(=O)N(C)OC)[C@H](C)C2)CC(=O)[C@H](C)/C=C(\C)[C@H]1O. The van der Waals surface area contributed by atoms with Crippen LogP contribution in [0.3, 0.4) is 0 Å². The van der Waals surface area contributed by atoms with Gasteiger partial charge in [0.1, 0.15) is 36.2 Å². The average Bonchev–Trinajstić information content (AvgIpc) is 3.33. The van der Waals surface area contributed by atoms with Crippen molar-refractivity contribution in [1.29, 1.82) is 0 Å². The lowest BCUT2D eigenvalue weighted by Crippen LogP contribution is -2.61. The molecule has 0 aromatic heterocycles. The van der Waals surface area contributed by atoms with Crippen LogP contribution in [-0.4, -0.2) is 139 Å². The van der Waals surface area contributed by atoms with Crippen LogP contribution in [0, 0.1) is 41.4 Å². The second-order valence-electron chi connectivity index (χ2n) is 20.8. The number of piperidine rings is 1. The summed E-state index contributed by atoms with van der Waals surface area (Å²) >= 11 is 0. The van der Waals surface area contributed by atoms with Crippen molar-refractivity contribution in [2.75, 3.05) is 34.9 Å². The number of allylic oxidation sites excluding steroid dienone is 6. The zero-order chi connectivity index (χ0) is 52.0. The summed E-state index contributed by atoms with van der Waals surface area (Å²) in [7, 11) is 5.81. The Labute approximate surface area is 416 Å². The lowest BCUT2D eigenvalue weighted by atomic mass is 9.75. The van der Waals surface area contributed by atoms with E-state index in [1.165, 1.54) is 26.2 Å². The van der Waals surface area contributed by atoms with Crippen LogP contribution in [0.15, 0.2) is 47.6 Å². The molecule has 4 aliphatic rings. The zero-order valence-electron chi connectivity index (χ0n) is 43.9. The number of ether oxygens (including phenoxy) is 5. The first-order chi connectivity index (χ1) is 33.1. The van der Waals surface area contributed by atoms with Crippen LogP contribution >= 0.6 is 0 Å². The van der Waals surface area contributed by atoms with Gasteiger partial charge >= 0.3 is 12.1 Å². The highest BCUT2D eigenvalue weighted by atomic mass is 16.7. The van der Waals surface area contributed by atoms with Gasteiger partial charge in [0.05, 0.1) is 19.3 Å². The van der Waals surface area contributed by atoms with Crippen LogP contribution < -0.4 is 0 Å². The molecule has 70 heavy (non-hydrogen) atoms. The molecule has 2 N–H and O–H groups in total. The molecular weight excluding hydrogens is 901 g/mol. The molecule has 3 fully saturated rings. The van der Waals surface area contributed by atoms with E-state index in [0.717, 1.165) is 17.1 Å². The Hall–Kier alpha value is -4.06. The molecule has 0 aromatic rings. The molecule has 2 saturated heterocycles. The van der Waals surface area contributed by atoms with Crippen molar-refractivity contribution in [3.8, 4) is 0 Å². The topological polar surface area (TPSA) is 205 Å². The number of carbonyl (C=O) groups excluding carboxylic acids is 6. The van der Waals surface area contributed by atoms with Crippen molar-refractivity contribution in [2.24, 2.45) is 41.4 Å². The predicted molar refractivity (Wildman–Crippen MR) is 263 cm³/mol. The van der Waals surface area contributed by atoms with Gasteiger partial charge in [-0.3, -0.25) is 24.0 Å². The summed E-state index contributed by atoms with van der Waals surface area (Å²) in [5.41, 5.74) is 1.25. The molecule has 4 unspecified atom stereocenters. The van der Waals surface area contributed by atoms with Crippen LogP contribution in [-0.2, 0) is 52.5 Å². The number of rotatable bonds is 7. The maximum atomic E-state index is 14.5. The van der Waals surface area contributed by atoms with Gasteiger partial charge in [0.25, 0.3) is 11.7 Å². The molecule has 2 bridgehead atoms. The summed E-state index contributed by atoms with van der Waals surface area (Å²) in [6.07, 6.45) is 11.3. The number of hydroxylamine groups is 2. The Morgan fingerprint density at radius 3 is 2.27 bits per heavy atom. The number of aliphatic hydroxyl groups excluding tert-OH is 1. The maximum Gasteiger partial charge on any atom is 0.433 e. The Balaban J connectivity index is 1.68. The number of esters is 1. The third-order valence-corrected chi connectivity index (χ3v) is 15.3. The van der Waals surface area contributed by atoms with E-state index in [1.54, 1.807) is 34.0 Å². The van der Waals surface area contributed by atoms with Gasteiger partial charge in [-0.2, -0.15) is 5.06 Å². The first-order valence-electron chi connectivity index (χ1n) is 25.5. The number of methoxy groups -OCH3 is 2. The van der Waals surface area contributed by atoms with Crippen LogP contribution in [0.2, 0.25) is 0 Å². The molecule has 16 heteroatoms. The normalized spacial score (nSPS) is 38.2. The Kier molecular flexibility index (Phi) is 22.7. The molecule has 16 nitrogen and oxygen atoms in total. The van der Waals surface area contributed by atoms with Gasteiger partial charge in [0.15, 0.2) is 5.78 Å². The summed E-state index contributed by atoms with van der Waals surface area (Å²) in [6, 6.07) is -1.16. The predicted octanol–water partition coefficient (Wildman–Crippen LogP) is 7.44. The van der Waals surface area contributed by atoms with Gasteiger partial charge in [-0.25, -0.2) is 9.59 Å². The highest BCUT2D eigenvalue weighted by molar-refractivity contribution is 6.39. The Bertz CT molecular complexity index is 1930. The first kappa shape index (κ1) is 58.5. The zero-order valence-corrected chi connectivity index (χ0v) is 43.9. The monoisotopic (exact) mass is 985 g/mol. The van der Waals surface area contributed by atoms with E-state index in [0.29, 0.717) is 63.4 Å². The molecule has 3 heterocycles. The van der Waals surface area contributed by atoms with E-state index in [1.807, 2.05) is 65.0 Å². The molecule has 4 rings (SSSR count). The third-order valence-electron chi connectivity index (χ3n) is 15.3. The summed E-state index contributed by atoms with van der Waals surface area (Å²) in [4.78, 5) is 89.7. The van der Waals surface area contributed by atoms with E-state index in [2.05, 4.69) is 0 Å². The van der Waals surface area contributed by atoms with Crippen molar-refractivity contribution in [3.63, 3.8) is 0 Å². The van der Waals surface area contributed by atoms with Crippen LogP contribution in [0.4, 0.5) is 4.79 Å². The Morgan fingerprint density at radius 1 is 0.900 bits per heavy atom. The number of cyclic esters (lactones) is 1. The van der Waals surface area contributed by atoms with Crippen molar-refractivity contribution >= 4 is 35.3 Å². The highest BCUT2D eigenvalue weighted by Crippen LogP contribution is 2.39. The van der Waals surface area contributed by atoms with Crippen molar-refractivity contribution < 1.29 is 67.5 Å². The molecule has 0 spiro atoms. The van der Waals surface area contributed by atoms with E-state index in [4.69, 9.17) is 28.5 Å². The summed E-state index contributed by atoms with van der Waals surface area (Å²) < 4.78 is 29.6. The number of hydrogen-bond acceptors (Lipinski definition) is 14. The smallest absolute Gasteiger partial charge is 0.433 e. The van der Waals surface area contributed by atoms with E-state index < -0.39 is 83.9 Å². The molecule has 1 aliphatic carbocycles. The molecule has 394 valence electrons. The minimum Gasteiger partial charge on any atom is -0.460 e. The van der Waals surface area contributed by atoms with Crippen molar-refractivity contribution in [1.82, 2.24) is 9.96 Å². The fourth-order valence-corrected chi connectivity index (χ4v) is 10.6. The highest BCUT2D eigenvalue weighted by Gasteiger charge is 2.53. The van der Waals surface area contributed by atoms with E-state index in [9.17, 15) is 39.0 Å². The minimum atomic E-state index is -2.44. The van der Waals surface area contributed by atoms with Crippen LogP contribution in [0.5, 0.6) is 0 Å². The third kappa shape index (κ3) is 15.5. The summed E-state index contributed by atoms with van der Waals surface area (Å²) in [6.45, 7) is 14.8. The minimum absolute atomic E-state index is 0.0104. The van der Waals surface area contributed by atoms with Gasteiger partial charge in [-0.15, -0.1) is 0 Å². The fourth-order valence-electron chi connectivity index (χ4n) is 10.6. The summed E-state index contributed by atoms with van der Waals surface area (Å²) in [5, 5.41) is 24.5. The van der Waals surface area contributed by atoms with E-state index >= 15 is 0 Å². The number of nitrogens with zero attached hydrogens (tertiary/aromatic N) is 2. The number of carbonyl (C=O) groups is 6. The number of aliphatic hydroxyl groups is 2. The summed E-state index contributed by atoms with van der Waals surface area (Å²) in [5.74, 6) is -8.02. The maximum absolute atomic E-state index is 14.5. The number of ketones is 3. The van der Waals surface area contributed by atoms with Crippen molar-refractivity contribution in [2.45, 2.75) is 181 Å². The van der Waals surface area contributed by atoms with Gasteiger partial charge in [0, 0.05) is 58.4 Å². The quantitative estimate of drug-likeness (QED) is 0.110. The number of hydrogen-bond donors (Lipinski definition) is 2. The molecule has 3 aliphatic heterocycles. The van der Waals surface area contributed by atoms with Gasteiger partial charge in [0.2, 0.25) is 5.79 Å². The van der Waals surface area contributed by atoms with Gasteiger partial charge in [-0.1, -0.05) is 78.0 Å². The van der Waals surface area contributed by atoms with Gasteiger partial charge < -0.3 is 38.8 Å². The number of amides is 2.